The minimum atomic E-state index is 0.305. The van der Waals surface area contributed by atoms with Gasteiger partial charge in [0.25, 0.3) is 0 Å². The molecule has 0 saturated heterocycles. The van der Waals surface area contributed by atoms with E-state index in [0.29, 0.717) is 17.9 Å². The number of rotatable bonds is 3. The molecule has 1 saturated carbocycles. The molecule has 0 aromatic carbocycles. The van der Waals surface area contributed by atoms with Crippen molar-refractivity contribution < 1.29 is 4.74 Å². The van der Waals surface area contributed by atoms with Crippen LogP contribution in [0.1, 0.15) is 24.1 Å². The monoisotopic (exact) mass is 250 g/mol. The number of fused-ring (bicyclic) bond motifs is 1. The zero-order chi connectivity index (χ0) is 11.8. The van der Waals surface area contributed by atoms with Crippen LogP contribution < -0.4 is 16.0 Å². The summed E-state index contributed by atoms with van der Waals surface area (Å²) in [5, 5.41) is 0.985. The summed E-state index contributed by atoms with van der Waals surface area (Å²) >= 11 is 1.62. The summed E-state index contributed by atoms with van der Waals surface area (Å²) < 4.78 is 5.88. The van der Waals surface area contributed by atoms with Crippen LogP contribution in [0.5, 0.6) is 5.88 Å². The van der Waals surface area contributed by atoms with Crippen LogP contribution in [0.3, 0.4) is 0 Å². The van der Waals surface area contributed by atoms with Gasteiger partial charge in [0.05, 0.1) is 5.39 Å². The predicted molar refractivity (Wildman–Crippen MR) is 68.2 cm³/mol. The number of aryl methyl sites for hydroxylation is 1. The molecule has 5 nitrogen and oxygen atoms in total. The van der Waals surface area contributed by atoms with Crippen molar-refractivity contribution in [2.75, 3.05) is 5.43 Å². The number of nitrogens with one attached hydrogen (secondary N) is 1. The van der Waals surface area contributed by atoms with Gasteiger partial charge < -0.3 is 4.74 Å². The number of nitrogen functional groups attached to an aromatic ring is 1. The lowest BCUT2D eigenvalue weighted by molar-refractivity contribution is 0.117. The molecule has 0 atom stereocenters. The van der Waals surface area contributed by atoms with Gasteiger partial charge in [0.2, 0.25) is 11.8 Å². The number of anilines is 1. The van der Waals surface area contributed by atoms with E-state index in [-0.39, 0.29) is 0 Å². The van der Waals surface area contributed by atoms with Gasteiger partial charge >= 0.3 is 0 Å². The van der Waals surface area contributed by atoms with Crippen molar-refractivity contribution in [2.24, 2.45) is 5.84 Å². The van der Waals surface area contributed by atoms with Gasteiger partial charge in [-0.25, -0.2) is 10.8 Å². The lowest BCUT2D eigenvalue weighted by Gasteiger charge is -2.26. The Hall–Kier alpha value is -1.40. The number of hydrazine groups is 1. The van der Waals surface area contributed by atoms with Gasteiger partial charge in [-0.3, -0.25) is 5.43 Å². The maximum Gasteiger partial charge on any atom is 0.241 e. The highest BCUT2D eigenvalue weighted by atomic mass is 32.1. The number of thiophene rings is 1. The van der Waals surface area contributed by atoms with Gasteiger partial charge in [0, 0.05) is 4.88 Å². The van der Waals surface area contributed by atoms with Crippen LogP contribution in [-0.4, -0.2) is 16.1 Å². The molecule has 0 unspecified atom stereocenters. The number of hydrogen-bond acceptors (Lipinski definition) is 6. The molecule has 90 valence electrons. The Balaban J connectivity index is 2.05. The molecule has 0 radical (unpaired) electrons. The quantitative estimate of drug-likeness (QED) is 0.645. The predicted octanol–water partition coefficient (Wildman–Crippen LogP) is 2.22. The summed E-state index contributed by atoms with van der Waals surface area (Å²) in [6.07, 6.45) is 3.77. The first-order chi connectivity index (χ1) is 8.26. The van der Waals surface area contributed by atoms with Crippen LogP contribution in [0.25, 0.3) is 10.2 Å². The zero-order valence-corrected chi connectivity index (χ0v) is 10.4. The smallest absolute Gasteiger partial charge is 0.241 e. The van der Waals surface area contributed by atoms with Crippen molar-refractivity contribution in [1.29, 1.82) is 0 Å². The molecule has 3 rings (SSSR count). The normalized spacial score (nSPS) is 15.9. The fraction of sp³-hybridized carbons (Fsp3) is 0.455. The van der Waals surface area contributed by atoms with Gasteiger partial charge in [-0.15, -0.1) is 11.3 Å². The van der Waals surface area contributed by atoms with Crippen LogP contribution >= 0.6 is 11.3 Å². The molecule has 17 heavy (non-hydrogen) atoms. The van der Waals surface area contributed by atoms with E-state index in [1.807, 2.05) is 0 Å². The van der Waals surface area contributed by atoms with Gasteiger partial charge in [0.1, 0.15) is 10.9 Å². The Morgan fingerprint density at radius 1 is 1.47 bits per heavy atom. The molecule has 0 spiro atoms. The van der Waals surface area contributed by atoms with Gasteiger partial charge in [-0.1, -0.05) is 0 Å². The van der Waals surface area contributed by atoms with E-state index in [2.05, 4.69) is 28.4 Å². The summed E-state index contributed by atoms with van der Waals surface area (Å²) in [5.74, 6) is 6.43. The molecule has 0 aliphatic heterocycles. The van der Waals surface area contributed by atoms with Crippen LogP contribution in [-0.2, 0) is 0 Å². The molecule has 2 aromatic heterocycles. The fourth-order valence-electron chi connectivity index (χ4n) is 1.82. The average molecular weight is 250 g/mol. The summed E-state index contributed by atoms with van der Waals surface area (Å²) in [5.41, 5.74) is 2.48. The molecular formula is C11H14N4OS. The molecule has 2 aromatic rings. The lowest BCUT2D eigenvalue weighted by Crippen LogP contribution is -2.25. The second-order valence-electron chi connectivity index (χ2n) is 4.24. The van der Waals surface area contributed by atoms with Crippen LogP contribution in [0, 0.1) is 6.92 Å². The summed E-state index contributed by atoms with van der Waals surface area (Å²) in [4.78, 5) is 10.7. The van der Waals surface area contributed by atoms with E-state index in [1.54, 1.807) is 11.3 Å². The summed E-state index contributed by atoms with van der Waals surface area (Å²) in [6, 6.07) is 2.06. The number of hydrogen-bond donors (Lipinski definition) is 2. The Bertz CT molecular complexity index is 550. The molecule has 1 fully saturated rings. The second kappa shape index (κ2) is 4.12. The standard InChI is InChI=1S/C11H14N4OS/c1-6-5-8-9(16-7-3-2-4-7)13-11(15-12)14-10(8)17-6/h5,7H,2-4,12H2,1H3,(H,13,14,15). The maximum absolute atomic E-state index is 5.88. The summed E-state index contributed by atoms with van der Waals surface area (Å²) in [6.45, 7) is 2.05. The van der Waals surface area contributed by atoms with E-state index in [9.17, 15) is 0 Å². The van der Waals surface area contributed by atoms with Crippen molar-refractivity contribution >= 4 is 27.5 Å². The molecular weight excluding hydrogens is 236 g/mol. The van der Waals surface area contributed by atoms with Gasteiger partial charge in [-0.05, 0) is 32.3 Å². The van der Waals surface area contributed by atoms with Crippen LogP contribution in [0.2, 0.25) is 0 Å². The lowest BCUT2D eigenvalue weighted by atomic mass is 9.96. The first-order valence-electron chi connectivity index (χ1n) is 5.68. The van der Waals surface area contributed by atoms with E-state index in [1.165, 1.54) is 11.3 Å². The maximum atomic E-state index is 5.88. The highest BCUT2D eigenvalue weighted by molar-refractivity contribution is 7.18. The molecule has 2 heterocycles. The first kappa shape index (κ1) is 10.7. The van der Waals surface area contributed by atoms with Crippen molar-refractivity contribution in [1.82, 2.24) is 9.97 Å². The van der Waals surface area contributed by atoms with Crippen molar-refractivity contribution in [3.05, 3.63) is 10.9 Å². The third kappa shape index (κ3) is 1.94. The van der Waals surface area contributed by atoms with Crippen LogP contribution in [0.15, 0.2) is 6.07 Å². The Labute approximate surface area is 103 Å². The second-order valence-corrected chi connectivity index (χ2v) is 5.48. The molecule has 3 N–H and O–H groups in total. The number of nitrogens with two attached hydrogens (primary N) is 1. The van der Waals surface area contributed by atoms with Gasteiger partial charge in [0.15, 0.2) is 0 Å². The topological polar surface area (TPSA) is 73.1 Å². The summed E-state index contributed by atoms with van der Waals surface area (Å²) in [7, 11) is 0. The molecule has 1 aliphatic carbocycles. The largest absolute Gasteiger partial charge is 0.474 e. The third-order valence-corrected chi connectivity index (χ3v) is 3.88. The Kier molecular flexibility index (Phi) is 2.60. The zero-order valence-electron chi connectivity index (χ0n) is 9.56. The highest BCUT2D eigenvalue weighted by Gasteiger charge is 2.22. The molecule has 0 bridgehead atoms. The van der Waals surface area contributed by atoms with E-state index in [0.717, 1.165) is 23.1 Å². The third-order valence-electron chi connectivity index (χ3n) is 2.94. The number of aromatic nitrogens is 2. The van der Waals surface area contributed by atoms with Crippen molar-refractivity contribution in [3.8, 4) is 5.88 Å². The van der Waals surface area contributed by atoms with Crippen LogP contribution in [0.4, 0.5) is 5.95 Å². The number of ether oxygens (including phenoxy) is 1. The Morgan fingerprint density at radius 3 is 2.94 bits per heavy atom. The number of nitrogens with zero attached hydrogens (tertiary/aromatic N) is 2. The van der Waals surface area contributed by atoms with E-state index in [4.69, 9.17) is 10.6 Å². The average Bonchev–Trinajstić information content (AvgIpc) is 2.63. The van der Waals surface area contributed by atoms with Crippen molar-refractivity contribution in [3.63, 3.8) is 0 Å². The molecule has 0 amide bonds. The van der Waals surface area contributed by atoms with E-state index >= 15 is 0 Å². The van der Waals surface area contributed by atoms with Crippen molar-refractivity contribution in [2.45, 2.75) is 32.3 Å². The highest BCUT2D eigenvalue weighted by Crippen LogP contribution is 2.33. The minimum absolute atomic E-state index is 0.305. The Morgan fingerprint density at radius 2 is 2.29 bits per heavy atom. The van der Waals surface area contributed by atoms with Gasteiger partial charge in [-0.2, -0.15) is 4.98 Å². The first-order valence-corrected chi connectivity index (χ1v) is 6.49. The van der Waals surface area contributed by atoms with E-state index < -0.39 is 0 Å². The SMILES string of the molecule is Cc1cc2c(OC3CCC3)nc(NN)nc2s1. The molecule has 1 aliphatic rings. The minimum Gasteiger partial charge on any atom is -0.474 e. The fourth-order valence-corrected chi connectivity index (χ4v) is 2.69. The molecule has 6 heteroatoms.